The molecule has 13 rings (SSSR count). The van der Waals surface area contributed by atoms with Crippen molar-refractivity contribution in [1.29, 1.82) is 0 Å². The summed E-state index contributed by atoms with van der Waals surface area (Å²) < 4.78 is 27.0. The van der Waals surface area contributed by atoms with Crippen molar-refractivity contribution in [2.45, 2.75) is 0 Å². The Bertz CT molecular complexity index is 3940. The molecule has 0 saturated carbocycles. The lowest BCUT2D eigenvalue weighted by molar-refractivity contribution is 0.463. The molecule has 11 aromatic carbocycles. The van der Waals surface area contributed by atoms with Crippen molar-refractivity contribution in [1.82, 2.24) is 0 Å². The van der Waals surface area contributed by atoms with Gasteiger partial charge in [-0.25, -0.2) is 0 Å². The maximum atomic E-state index is 6.95. The second kappa shape index (κ2) is 18.3. The van der Waals surface area contributed by atoms with E-state index in [1.54, 1.807) is 0 Å². The van der Waals surface area contributed by atoms with Crippen LogP contribution in [-0.2, 0) is 0 Å². The minimum atomic E-state index is 0.568. The number of furan rings is 2. The van der Waals surface area contributed by atoms with Gasteiger partial charge in [-0.1, -0.05) is 176 Å². The molecule has 0 fully saturated rings. The molecule has 0 atom stereocenters. The number of hydrogen-bond donors (Lipinski definition) is 0. The lowest BCUT2D eigenvalue weighted by atomic mass is 9.94. The Balaban J connectivity index is 1.06. The molecule has 6 nitrogen and oxygen atoms in total. The van der Waals surface area contributed by atoms with Crippen molar-refractivity contribution < 1.29 is 18.3 Å². The molecule has 0 radical (unpaired) electrons. The maximum absolute atomic E-state index is 6.95. The highest BCUT2D eigenvalue weighted by molar-refractivity contribution is 6.15. The minimum absolute atomic E-state index is 0.568. The van der Waals surface area contributed by atoms with Crippen LogP contribution in [0.1, 0.15) is 0 Å². The summed E-state index contributed by atoms with van der Waals surface area (Å²) in [5.41, 5.74) is 13.0. The third kappa shape index (κ3) is 7.83. The molecular formula is C66H44N2O4. The van der Waals surface area contributed by atoms with Crippen molar-refractivity contribution in [2.24, 2.45) is 0 Å². The Kier molecular flexibility index (Phi) is 10.7. The molecule has 2 aromatic heterocycles. The van der Waals surface area contributed by atoms with E-state index in [9.17, 15) is 0 Å². The first-order chi connectivity index (χ1) is 35.7. The maximum Gasteiger partial charge on any atom is 0.142 e. The predicted octanol–water partition coefficient (Wildman–Crippen LogP) is 19.3. The molecule has 13 aromatic rings. The van der Waals surface area contributed by atoms with E-state index in [4.69, 9.17) is 18.3 Å². The lowest BCUT2D eigenvalue weighted by Gasteiger charge is -2.32. The molecule has 0 aliphatic rings. The predicted molar refractivity (Wildman–Crippen MR) is 294 cm³/mol. The smallest absolute Gasteiger partial charge is 0.142 e. The first kappa shape index (κ1) is 42.3. The molecule has 0 aliphatic carbocycles. The molecule has 2 heterocycles. The van der Waals surface area contributed by atoms with Crippen molar-refractivity contribution in [3.8, 4) is 45.3 Å². The highest BCUT2D eigenvalue weighted by atomic mass is 16.5. The zero-order chi connectivity index (χ0) is 47.8. The van der Waals surface area contributed by atoms with Crippen molar-refractivity contribution in [2.75, 3.05) is 9.80 Å². The monoisotopic (exact) mass is 928 g/mol. The van der Waals surface area contributed by atoms with Gasteiger partial charge in [0.15, 0.2) is 0 Å². The third-order valence-electron chi connectivity index (χ3n) is 13.1. The molecular weight excluding hydrogens is 885 g/mol. The van der Waals surface area contributed by atoms with Gasteiger partial charge in [-0.15, -0.1) is 0 Å². The Morgan fingerprint density at radius 3 is 1.39 bits per heavy atom. The molecule has 6 heteroatoms. The fourth-order valence-electron chi connectivity index (χ4n) is 9.97. The molecule has 0 bridgehead atoms. The normalized spacial score (nSPS) is 11.3. The van der Waals surface area contributed by atoms with Gasteiger partial charge in [0.2, 0.25) is 0 Å². The standard InChI is InChI=1S/C66H44N2O4/c1-6-22-45(23-7-1)54-36-21-37-55(46-24-8-2-9-25-46)66(54)68(50-41-58(64-56-34-16-18-38-59(56)71-61(64)42-50)67(47-26-10-3-11-27-47)48-28-12-4-13-29-48)49-30-20-33-52(40-49)69-53-43-62(70-51-31-14-5-15-32-51)65-57-35-17-19-39-60(57)72-63(65)44-53/h1-44H. The summed E-state index contributed by atoms with van der Waals surface area (Å²) in [6, 6.07) is 91.6. The van der Waals surface area contributed by atoms with Crippen LogP contribution in [0.3, 0.4) is 0 Å². The summed E-state index contributed by atoms with van der Waals surface area (Å²) >= 11 is 0. The SMILES string of the molecule is c1ccc(Oc2cc(Oc3cccc(N(c4cc(N(c5ccccc5)c5ccccc5)c5c(c4)oc4ccccc45)c4c(-c5ccccc5)cccc4-c4ccccc4)c3)cc3oc4ccccc4c23)cc1. The van der Waals surface area contributed by atoms with Gasteiger partial charge >= 0.3 is 0 Å². The summed E-state index contributed by atoms with van der Waals surface area (Å²) in [5.74, 6) is 2.54. The van der Waals surface area contributed by atoms with Gasteiger partial charge in [-0.05, 0) is 77.9 Å². The van der Waals surface area contributed by atoms with Gasteiger partial charge in [0, 0.05) is 63.2 Å². The number of ether oxygens (including phenoxy) is 2. The van der Waals surface area contributed by atoms with Crippen LogP contribution in [0, 0.1) is 0 Å². The second-order valence-corrected chi connectivity index (χ2v) is 17.6. The van der Waals surface area contributed by atoms with E-state index in [1.807, 2.05) is 84.9 Å². The van der Waals surface area contributed by atoms with E-state index in [0.717, 1.165) is 94.7 Å². The van der Waals surface area contributed by atoms with Gasteiger partial charge < -0.3 is 28.1 Å². The quantitative estimate of drug-likeness (QED) is 0.122. The fourth-order valence-corrected chi connectivity index (χ4v) is 9.97. The van der Waals surface area contributed by atoms with E-state index in [1.165, 1.54) is 0 Å². The van der Waals surface area contributed by atoms with Crippen molar-refractivity contribution in [3.05, 3.63) is 267 Å². The largest absolute Gasteiger partial charge is 0.457 e. The molecule has 0 N–H and O–H groups in total. The third-order valence-corrected chi connectivity index (χ3v) is 13.1. The molecule has 0 aliphatic heterocycles. The van der Waals surface area contributed by atoms with Crippen LogP contribution >= 0.6 is 0 Å². The van der Waals surface area contributed by atoms with E-state index < -0.39 is 0 Å². The van der Waals surface area contributed by atoms with Crippen LogP contribution in [0.5, 0.6) is 23.0 Å². The Morgan fingerprint density at radius 1 is 0.292 bits per heavy atom. The summed E-state index contributed by atoms with van der Waals surface area (Å²) in [6.07, 6.45) is 0. The summed E-state index contributed by atoms with van der Waals surface area (Å²) in [7, 11) is 0. The molecule has 342 valence electrons. The summed E-state index contributed by atoms with van der Waals surface area (Å²) in [5, 5.41) is 3.88. The van der Waals surface area contributed by atoms with Crippen molar-refractivity contribution >= 4 is 78.0 Å². The van der Waals surface area contributed by atoms with Crippen molar-refractivity contribution in [3.63, 3.8) is 0 Å². The molecule has 0 unspecified atom stereocenters. The van der Waals surface area contributed by atoms with E-state index in [2.05, 4.69) is 192 Å². The lowest BCUT2D eigenvalue weighted by Crippen LogP contribution is -2.15. The zero-order valence-corrected chi connectivity index (χ0v) is 38.9. The van der Waals surface area contributed by atoms with Gasteiger partial charge in [0.1, 0.15) is 45.3 Å². The Hall–Kier alpha value is -9.78. The molecule has 0 saturated heterocycles. The van der Waals surface area contributed by atoms with Crippen LogP contribution in [-0.4, -0.2) is 0 Å². The summed E-state index contributed by atoms with van der Waals surface area (Å²) in [4.78, 5) is 4.68. The van der Waals surface area contributed by atoms with E-state index >= 15 is 0 Å². The van der Waals surface area contributed by atoms with Crippen LogP contribution in [0.15, 0.2) is 276 Å². The van der Waals surface area contributed by atoms with Crippen LogP contribution in [0.25, 0.3) is 66.1 Å². The Morgan fingerprint density at radius 2 is 0.778 bits per heavy atom. The molecule has 0 spiro atoms. The topological polar surface area (TPSA) is 51.2 Å². The fraction of sp³-hybridized carbons (Fsp3) is 0. The number of para-hydroxylation sites is 6. The number of fused-ring (bicyclic) bond motifs is 6. The van der Waals surface area contributed by atoms with Gasteiger partial charge in [-0.2, -0.15) is 0 Å². The molecule has 72 heavy (non-hydrogen) atoms. The van der Waals surface area contributed by atoms with Crippen LogP contribution in [0.2, 0.25) is 0 Å². The average molecular weight is 929 g/mol. The van der Waals surface area contributed by atoms with Gasteiger partial charge in [0.05, 0.1) is 27.8 Å². The average Bonchev–Trinajstić information content (AvgIpc) is 4.01. The van der Waals surface area contributed by atoms with Crippen LogP contribution < -0.4 is 19.3 Å². The highest BCUT2D eigenvalue weighted by Crippen LogP contribution is 2.52. The first-order valence-corrected chi connectivity index (χ1v) is 24.1. The van der Waals surface area contributed by atoms with Crippen LogP contribution in [0.4, 0.5) is 34.1 Å². The minimum Gasteiger partial charge on any atom is -0.457 e. The number of nitrogens with zero attached hydrogens (tertiary/aromatic N) is 2. The van der Waals surface area contributed by atoms with Gasteiger partial charge in [0.25, 0.3) is 0 Å². The zero-order valence-electron chi connectivity index (χ0n) is 38.9. The molecule has 0 amide bonds. The van der Waals surface area contributed by atoms with E-state index in [0.29, 0.717) is 28.6 Å². The van der Waals surface area contributed by atoms with Gasteiger partial charge in [-0.3, -0.25) is 0 Å². The highest BCUT2D eigenvalue weighted by Gasteiger charge is 2.27. The second-order valence-electron chi connectivity index (χ2n) is 17.6. The summed E-state index contributed by atoms with van der Waals surface area (Å²) in [6.45, 7) is 0. The number of anilines is 6. The van der Waals surface area contributed by atoms with E-state index in [-0.39, 0.29) is 0 Å². The number of benzene rings is 11. The first-order valence-electron chi connectivity index (χ1n) is 24.1. The number of hydrogen-bond acceptors (Lipinski definition) is 6. The Labute approximate surface area is 416 Å². The number of rotatable bonds is 12.